The molecule has 1 aromatic rings. The van der Waals surface area contributed by atoms with E-state index in [9.17, 15) is 4.79 Å². The molecule has 0 aromatic carbocycles. The first-order chi connectivity index (χ1) is 10.8. The standard InChI is InChI=1S/C15H22N4O.C2H6/c1-2-12-9-18(10-12)11-13-5-6-16-14(17-13)15(20)19-7-3-4-8-19;1-2/h5-6,12H,2-4,7-11H2,1H3;1-2H3. The Morgan fingerprint density at radius 3 is 2.59 bits per heavy atom. The van der Waals surface area contributed by atoms with Crippen molar-refractivity contribution >= 4 is 5.91 Å². The summed E-state index contributed by atoms with van der Waals surface area (Å²) >= 11 is 0. The zero-order valence-corrected chi connectivity index (χ0v) is 14.1. The first kappa shape index (κ1) is 16.9. The van der Waals surface area contributed by atoms with Crippen molar-refractivity contribution in [3.8, 4) is 0 Å². The molecule has 0 radical (unpaired) electrons. The number of hydrogen-bond acceptors (Lipinski definition) is 4. The van der Waals surface area contributed by atoms with Gasteiger partial charge in [-0.2, -0.15) is 0 Å². The molecule has 5 heteroatoms. The van der Waals surface area contributed by atoms with Gasteiger partial charge in [-0.1, -0.05) is 27.2 Å². The number of carbonyl (C=O) groups excluding carboxylic acids is 1. The van der Waals surface area contributed by atoms with Crippen molar-refractivity contribution in [2.24, 2.45) is 5.92 Å². The Labute approximate surface area is 133 Å². The first-order valence-corrected chi connectivity index (χ1v) is 8.60. The van der Waals surface area contributed by atoms with Gasteiger partial charge in [0.2, 0.25) is 5.82 Å². The van der Waals surface area contributed by atoms with E-state index in [1.165, 1.54) is 6.42 Å². The summed E-state index contributed by atoms with van der Waals surface area (Å²) in [6, 6.07) is 1.92. The van der Waals surface area contributed by atoms with Crippen LogP contribution in [0.25, 0.3) is 0 Å². The highest BCUT2D eigenvalue weighted by molar-refractivity contribution is 5.90. The molecule has 0 aliphatic carbocycles. The predicted octanol–water partition coefficient (Wildman–Crippen LogP) is 2.58. The Bertz CT molecular complexity index is 479. The summed E-state index contributed by atoms with van der Waals surface area (Å²) in [7, 11) is 0. The van der Waals surface area contributed by atoms with Gasteiger partial charge in [-0.05, 0) is 24.8 Å². The topological polar surface area (TPSA) is 49.3 Å². The molecule has 1 amide bonds. The highest BCUT2D eigenvalue weighted by atomic mass is 16.2. The van der Waals surface area contributed by atoms with Gasteiger partial charge in [0.05, 0.1) is 5.69 Å². The Kier molecular flexibility index (Phi) is 6.31. The predicted molar refractivity (Wildman–Crippen MR) is 87.6 cm³/mol. The fourth-order valence-corrected chi connectivity index (χ4v) is 2.94. The van der Waals surface area contributed by atoms with Crippen molar-refractivity contribution in [3.63, 3.8) is 0 Å². The van der Waals surface area contributed by atoms with Crippen molar-refractivity contribution in [2.75, 3.05) is 26.2 Å². The lowest BCUT2D eigenvalue weighted by Crippen LogP contribution is -2.45. The SMILES string of the molecule is CC.CCC1CN(Cc2ccnc(C(=O)N3CCCC3)n2)C1. The van der Waals surface area contributed by atoms with Crippen LogP contribution in [0.2, 0.25) is 0 Å². The van der Waals surface area contributed by atoms with Crippen LogP contribution in [0.5, 0.6) is 0 Å². The lowest BCUT2D eigenvalue weighted by atomic mass is 9.97. The number of amides is 1. The van der Waals surface area contributed by atoms with Gasteiger partial charge >= 0.3 is 0 Å². The zero-order chi connectivity index (χ0) is 15.9. The molecule has 0 atom stereocenters. The maximum Gasteiger partial charge on any atom is 0.291 e. The largest absolute Gasteiger partial charge is 0.336 e. The summed E-state index contributed by atoms with van der Waals surface area (Å²) in [5, 5.41) is 0. The van der Waals surface area contributed by atoms with E-state index in [0.29, 0.717) is 5.82 Å². The van der Waals surface area contributed by atoms with Crippen LogP contribution in [0.1, 0.15) is 56.3 Å². The van der Waals surface area contributed by atoms with Crippen LogP contribution in [-0.4, -0.2) is 51.9 Å². The summed E-state index contributed by atoms with van der Waals surface area (Å²) in [4.78, 5) is 25.1. The quantitative estimate of drug-likeness (QED) is 0.858. The zero-order valence-electron chi connectivity index (χ0n) is 14.1. The molecule has 0 unspecified atom stereocenters. The number of carbonyl (C=O) groups is 1. The minimum atomic E-state index is -0.0144. The molecular weight excluding hydrogens is 276 g/mol. The van der Waals surface area contributed by atoms with Gasteiger partial charge in [0, 0.05) is 38.9 Å². The van der Waals surface area contributed by atoms with Crippen LogP contribution >= 0.6 is 0 Å². The molecule has 22 heavy (non-hydrogen) atoms. The number of nitrogens with zero attached hydrogens (tertiary/aromatic N) is 4. The second-order valence-electron chi connectivity index (χ2n) is 5.84. The molecule has 3 rings (SSSR count). The van der Waals surface area contributed by atoms with Gasteiger partial charge in [-0.15, -0.1) is 0 Å². The fourth-order valence-electron chi connectivity index (χ4n) is 2.94. The third kappa shape index (κ3) is 4.03. The van der Waals surface area contributed by atoms with Crippen molar-refractivity contribution in [2.45, 2.75) is 46.6 Å². The maximum absolute atomic E-state index is 12.3. The second-order valence-corrected chi connectivity index (χ2v) is 5.84. The average molecular weight is 304 g/mol. The van der Waals surface area contributed by atoms with Crippen LogP contribution < -0.4 is 0 Å². The Morgan fingerprint density at radius 2 is 1.95 bits per heavy atom. The van der Waals surface area contributed by atoms with Gasteiger partial charge in [0.15, 0.2) is 0 Å². The van der Waals surface area contributed by atoms with E-state index in [0.717, 1.165) is 57.2 Å². The van der Waals surface area contributed by atoms with Crippen LogP contribution in [0.4, 0.5) is 0 Å². The third-order valence-corrected chi connectivity index (χ3v) is 4.29. The summed E-state index contributed by atoms with van der Waals surface area (Å²) < 4.78 is 0. The summed E-state index contributed by atoms with van der Waals surface area (Å²) in [5.74, 6) is 1.18. The smallest absolute Gasteiger partial charge is 0.291 e. The molecule has 3 heterocycles. The minimum Gasteiger partial charge on any atom is -0.336 e. The highest BCUT2D eigenvalue weighted by Gasteiger charge is 2.26. The molecule has 2 aliphatic rings. The van der Waals surface area contributed by atoms with E-state index in [4.69, 9.17) is 0 Å². The van der Waals surface area contributed by atoms with Gasteiger partial charge in [-0.3, -0.25) is 9.69 Å². The van der Waals surface area contributed by atoms with Crippen molar-refractivity contribution in [1.82, 2.24) is 19.8 Å². The molecular formula is C17H28N4O. The fraction of sp³-hybridized carbons (Fsp3) is 0.706. The summed E-state index contributed by atoms with van der Waals surface area (Å²) in [6.07, 6.45) is 5.15. The molecule has 0 N–H and O–H groups in total. The molecule has 2 fully saturated rings. The molecule has 0 saturated carbocycles. The van der Waals surface area contributed by atoms with Crippen LogP contribution in [0.3, 0.4) is 0 Å². The number of hydrogen-bond donors (Lipinski definition) is 0. The molecule has 0 spiro atoms. The Morgan fingerprint density at radius 1 is 1.27 bits per heavy atom. The molecule has 122 valence electrons. The molecule has 2 saturated heterocycles. The number of aromatic nitrogens is 2. The number of likely N-dealkylation sites (tertiary alicyclic amines) is 2. The van der Waals surface area contributed by atoms with E-state index in [1.54, 1.807) is 6.20 Å². The Hall–Kier alpha value is -1.49. The lowest BCUT2D eigenvalue weighted by Gasteiger charge is -2.38. The van der Waals surface area contributed by atoms with E-state index >= 15 is 0 Å². The monoisotopic (exact) mass is 304 g/mol. The van der Waals surface area contributed by atoms with Gasteiger partial charge in [0.1, 0.15) is 0 Å². The van der Waals surface area contributed by atoms with E-state index < -0.39 is 0 Å². The molecule has 2 aliphatic heterocycles. The second kappa shape index (κ2) is 8.22. The molecule has 0 bridgehead atoms. The lowest BCUT2D eigenvalue weighted by molar-refractivity contribution is 0.0774. The van der Waals surface area contributed by atoms with Gasteiger partial charge < -0.3 is 4.90 Å². The van der Waals surface area contributed by atoms with Gasteiger partial charge in [-0.25, -0.2) is 9.97 Å². The summed E-state index contributed by atoms with van der Waals surface area (Å²) in [6.45, 7) is 11.1. The van der Waals surface area contributed by atoms with E-state index in [2.05, 4.69) is 21.8 Å². The van der Waals surface area contributed by atoms with E-state index in [1.807, 2.05) is 24.8 Å². The van der Waals surface area contributed by atoms with E-state index in [-0.39, 0.29) is 5.91 Å². The normalized spacial score (nSPS) is 18.6. The van der Waals surface area contributed by atoms with Crippen LogP contribution in [-0.2, 0) is 6.54 Å². The van der Waals surface area contributed by atoms with Crippen molar-refractivity contribution in [1.29, 1.82) is 0 Å². The maximum atomic E-state index is 12.3. The minimum absolute atomic E-state index is 0.0144. The Balaban J connectivity index is 0.000000847. The highest BCUT2D eigenvalue weighted by Crippen LogP contribution is 2.20. The first-order valence-electron chi connectivity index (χ1n) is 8.60. The molecule has 1 aromatic heterocycles. The van der Waals surface area contributed by atoms with Crippen molar-refractivity contribution in [3.05, 3.63) is 23.8 Å². The number of rotatable bonds is 4. The average Bonchev–Trinajstić information content (AvgIpc) is 3.06. The van der Waals surface area contributed by atoms with Crippen molar-refractivity contribution < 1.29 is 4.79 Å². The van der Waals surface area contributed by atoms with Crippen LogP contribution in [0.15, 0.2) is 12.3 Å². The van der Waals surface area contributed by atoms with Crippen LogP contribution in [0, 0.1) is 5.92 Å². The van der Waals surface area contributed by atoms with Gasteiger partial charge in [0.25, 0.3) is 5.91 Å². The summed E-state index contributed by atoms with van der Waals surface area (Å²) in [5.41, 5.74) is 0.956. The third-order valence-electron chi connectivity index (χ3n) is 4.29. The molecule has 5 nitrogen and oxygen atoms in total.